The molecule has 0 unspecified atom stereocenters. The van der Waals surface area contributed by atoms with Gasteiger partial charge >= 0.3 is 5.97 Å². The maximum absolute atomic E-state index is 13.4. The summed E-state index contributed by atoms with van der Waals surface area (Å²) in [5, 5.41) is 50.2. The third kappa shape index (κ3) is 5.81. The van der Waals surface area contributed by atoms with Crippen LogP contribution >= 0.6 is 0 Å². The minimum absolute atomic E-state index is 0.119. The fourth-order valence-electron chi connectivity index (χ4n) is 5.16. The van der Waals surface area contributed by atoms with Gasteiger partial charge in [-0.2, -0.15) is 0 Å². The molecule has 41 heavy (non-hydrogen) atoms. The molecule has 10 nitrogen and oxygen atoms in total. The van der Waals surface area contributed by atoms with Gasteiger partial charge in [0.05, 0.1) is 20.8 Å². The van der Waals surface area contributed by atoms with Crippen LogP contribution in [0.2, 0.25) is 0 Å². The van der Waals surface area contributed by atoms with Gasteiger partial charge in [-0.25, -0.2) is 9.18 Å². The molecule has 2 saturated heterocycles. The minimum Gasteiger partial charge on any atom is -0.479 e. The molecule has 1 amide bonds. The van der Waals surface area contributed by atoms with E-state index < -0.39 is 60.6 Å². The van der Waals surface area contributed by atoms with Crippen LogP contribution in [0.1, 0.15) is 38.9 Å². The van der Waals surface area contributed by atoms with E-state index in [-0.39, 0.29) is 36.6 Å². The molecule has 0 saturated carbocycles. The number of aliphatic hydroxyl groups excluding tert-OH is 4. The Labute approximate surface area is 237 Å². The van der Waals surface area contributed by atoms with E-state index >= 15 is 0 Å². The van der Waals surface area contributed by atoms with Gasteiger partial charge in [-0.1, -0.05) is 42.5 Å². The Morgan fingerprint density at radius 2 is 1.76 bits per heavy atom. The largest absolute Gasteiger partial charge is 0.479 e. The highest BCUT2D eigenvalue weighted by Crippen LogP contribution is 2.46. The van der Waals surface area contributed by atoms with Crippen molar-refractivity contribution in [2.45, 2.75) is 55.7 Å². The fraction of sp³-hybridized carbons (Fsp3) is 0.333. The summed E-state index contributed by atoms with van der Waals surface area (Å²) in [6.07, 6.45) is -9.66. The molecule has 5 rings (SSSR count). The van der Waals surface area contributed by atoms with E-state index in [2.05, 4.69) is 0 Å². The second kappa shape index (κ2) is 11.9. The summed E-state index contributed by atoms with van der Waals surface area (Å²) in [6, 6.07) is 15.6. The quantitative estimate of drug-likeness (QED) is 0.243. The highest BCUT2D eigenvalue weighted by Gasteiger charge is 2.49. The number of carboxylic acids is 1. The van der Waals surface area contributed by atoms with Gasteiger partial charge < -0.3 is 39.9 Å². The zero-order valence-electron chi connectivity index (χ0n) is 23.6. The summed E-state index contributed by atoms with van der Waals surface area (Å²) in [5.41, 5.74) is 1.39. The number of amides is 1. The van der Waals surface area contributed by atoms with Crippen molar-refractivity contribution in [1.29, 1.82) is 0 Å². The number of nitrogens with zero attached hydrogens (tertiary/aromatic N) is 1. The van der Waals surface area contributed by atoms with Crippen LogP contribution in [0.5, 0.6) is 5.75 Å². The maximum atomic E-state index is 13.4. The van der Waals surface area contributed by atoms with Crippen molar-refractivity contribution in [2.75, 3.05) is 4.90 Å². The zero-order chi connectivity index (χ0) is 31.0. The molecule has 2 aliphatic heterocycles. The molecule has 2 aliphatic rings. The molecule has 216 valence electrons. The lowest BCUT2D eigenvalue weighted by Crippen LogP contribution is -2.61. The summed E-state index contributed by atoms with van der Waals surface area (Å²) in [5.74, 6) is -3.02. The van der Waals surface area contributed by atoms with Gasteiger partial charge in [-0.05, 0) is 60.3 Å². The van der Waals surface area contributed by atoms with Crippen molar-refractivity contribution in [3.05, 3.63) is 95.8 Å². The van der Waals surface area contributed by atoms with Gasteiger partial charge in [-0.3, -0.25) is 4.79 Å². The first-order valence-corrected chi connectivity index (χ1v) is 13.0. The first kappa shape index (κ1) is 26.1. The van der Waals surface area contributed by atoms with E-state index in [1.165, 1.54) is 41.3 Å². The van der Waals surface area contributed by atoms with E-state index in [0.717, 1.165) is 0 Å². The predicted molar refractivity (Wildman–Crippen MR) is 142 cm³/mol. The van der Waals surface area contributed by atoms with E-state index in [1.54, 1.807) is 30.3 Å². The molecule has 0 aliphatic carbocycles. The fourth-order valence-corrected chi connectivity index (χ4v) is 5.16. The Bertz CT molecular complexity index is 1490. The first-order chi connectivity index (χ1) is 20.5. The average molecular weight is 572 g/mol. The summed E-state index contributed by atoms with van der Waals surface area (Å²) in [4.78, 5) is 26.3. The van der Waals surface area contributed by atoms with Crippen molar-refractivity contribution in [3.63, 3.8) is 0 Å². The number of rotatable bonds is 9. The first-order valence-electron chi connectivity index (χ1n) is 14.0. The second-order valence-electron chi connectivity index (χ2n) is 9.99. The van der Waals surface area contributed by atoms with Crippen LogP contribution in [-0.2, 0) is 14.3 Å². The van der Waals surface area contributed by atoms with Gasteiger partial charge in [0.1, 0.15) is 29.9 Å². The van der Waals surface area contributed by atoms with E-state index in [0.29, 0.717) is 16.8 Å². The van der Waals surface area contributed by atoms with Crippen LogP contribution in [0.4, 0.5) is 10.1 Å². The monoisotopic (exact) mass is 571 g/mol. The number of ether oxygens (including phenoxy) is 2. The van der Waals surface area contributed by atoms with Crippen LogP contribution in [0, 0.1) is 11.7 Å². The Balaban J connectivity index is 1.38. The maximum Gasteiger partial charge on any atom is 0.335 e. The molecule has 0 aromatic heterocycles. The van der Waals surface area contributed by atoms with Crippen molar-refractivity contribution in [1.82, 2.24) is 0 Å². The van der Waals surface area contributed by atoms with Gasteiger partial charge in [-0.15, -0.1) is 0 Å². The van der Waals surface area contributed by atoms with Gasteiger partial charge in [0, 0.05) is 5.69 Å². The molecule has 2 heterocycles. The number of hydrogen-bond donors (Lipinski definition) is 5. The second-order valence-corrected chi connectivity index (χ2v) is 9.99. The lowest BCUT2D eigenvalue weighted by Gasteiger charge is -2.48. The summed E-state index contributed by atoms with van der Waals surface area (Å²) in [7, 11) is 0. The number of carbonyl (C=O) groups is 2. The molecule has 3 aromatic rings. The molecule has 2 fully saturated rings. The molecule has 8 atom stereocenters. The Kier molecular flexibility index (Phi) is 7.58. The lowest BCUT2D eigenvalue weighted by molar-refractivity contribution is -0.271. The number of β-lactam (4-membered cyclic amide) rings is 1. The molecule has 0 radical (unpaired) electrons. The third-order valence-corrected chi connectivity index (χ3v) is 7.38. The number of aliphatic carboxylic acids is 1. The highest BCUT2D eigenvalue weighted by atomic mass is 19.1. The number of anilines is 1. The van der Waals surface area contributed by atoms with E-state index in [1.807, 2.05) is 0 Å². The van der Waals surface area contributed by atoms with Gasteiger partial charge in [0.15, 0.2) is 6.10 Å². The van der Waals surface area contributed by atoms with Gasteiger partial charge in [0.2, 0.25) is 12.2 Å². The van der Waals surface area contributed by atoms with Crippen molar-refractivity contribution >= 4 is 17.6 Å². The predicted octanol–water partition coefficient (Wildman–Crippen LogP) is 2.31. The lowest BCUT2D eigenvalue weighted by atomic mass is 9.78. The number of aliphatic hydroxyl groups is 4. The smallest absolute Gasteiger partial charge is 0.335 e. The Hall–Kier alpha value is -3.87. The van der Waals surface area contributed by atoms with E-state index in [9.17, 15) is 39.5 Å². The molecule has 0 bridgehead atoms. The number of carboxylic acid groups (broad SMARTS) is 1. The molecular weight excluding hydrogens is 537 g/mol. The number of para-hydroxylation sites is 1. The Morgan fingerprint density at radius 1 is 1.00 bits per heavy atom. The molecule has 0 spiro atoms. The topological polar surface area (TPSA) is 157 Å². The minimum atomic E-state index is -1.90. The molecule has 3 aromatic carbocycles. The highest BCUT2D eigenvalue weighted by molar-refractivity contribution is 6.03. The summed E-state index contributed by atoms with van der Waals surface area (Å²) in [6.45, 7) is 0. The van der Waals surface area contributed by atoms with Gasteiger partial charge in [0.25, 0.3) is 0 Å². The van der Waals surface area contributed by atoms with Crippen LogP contribution in [0.15, 0.2) is 78.8 Å². The normalized spacial score (nSPS) is 29.2. The standard InChI is InChI=1S/C30H30FNO9/c31-18-10-6-16(7-11-18)22(33)15-14-21-23(32(28(21)37)19-4-2-1-3-5-19)17-8-12-20(13-9-17)40-30-26(36)24(34)25(35)27(41-30)29(38)39/h1-13,21-27,30,33-36H,14-15H2,(H,38,39)/t21-,22+,23-,24+,25+,26-,27+,30-/m1/s1/i4T,12T. The van der Waals surface area contributed by atoms with Crippen LogP contribution in [0.25, 0.3) is 0 Å². The SMILES string of the molecule is [3H]c1cc([C@@H]2[C@@H](CC[C@H](O)c3ccc(F)cc3)C(=O)N2c2ccccc2[3H])ccc1O[C@@H]1O[C@H](C(=O)O)[C@@H](O)[C@H](O)[C@H]1O. The van der Waals surface area contributed by atoms with Crippen LogP contribution in [0.3, 0.4) is 0 Å². The van der Waals surface area contributed by atoms with E-state index in [4.69, 9.17) is 12.2 Å². The zero-order valence-corrected chi connectivity index (χ0v) is 21.6. The molecular formula is C30H30FNO9. The Morgan fingerprint density at radius 3 is 2.44 bits per heavy atom. The van der Waals surface area contributed by atoms with Crippen molar-refractivity contribution in [2.24, 2.45) is 5.92 Å². The number of hydrogen-bond acceptors (Lipinski definition) is 8. The third-order valence-electron chi connectivity index (χ3n) is 7.38. The van der Waals surface area contributed by atoms with Crippen molar-refractivity contribution < 1.29 is 51.7 Å². The number of halogens is 1. The van der Waals surface area contributed by atoms with Crippen molar-refractivity contribution in [3.8, 4) is 5.75 Å². The number of carbonyl (C=O) groups excluding carboxylic acids is 1. The average Bonchev–Trinajstić information content (AvgIpc) is 2.98. The van der Waals surface area contributed by atoms with Crippen LogP contribution < -0.4 is 9.64 Å². The summed E-state index contributed by atoms with van der Waals surface area (Å²) < 4.78 is 40.9. The molecule has 5 N–H and O–H groups in total. The number of benzene rings is 3. The molecule has 11 heteroatoms. The van der Waals surface area contributed by atoms with Crippen LogP contribution in [-0.4, -0.2) is 68.1 Å². The summed E-state index contributed by atoms with van der Waals surface area (Å²) >= 11 is 0.